The molecule has 1 unspecified atom stereocenters. The van der Waals surface area contributed by atoms with Crippen molar-refractivity contribution in [1.82, 2.24) is 0 Å². The fraction of sp³-hybridized carbons (Fsp3) is 0.455. The van der Waals surface area contributed by atoms with Crippen LogP contribution in [0, 0.1) is 6.92 Å². The maximum Gasteiger partial charge on any atom is 0.147 e. The van der Waals surface area contributed by atoms with Gasteiger partial charge in [-0.05, 0) is 31.0 Å². The molecule has 96 valence electrons. The van der Waals surface area contributed by atoms with Gasteiger partial charge < -0.3 is 5.73 Å². The average molecular weight is 275 g/mol. The van der Waals surface area contributed by atoms with Gasteiger partial charge in [-0.1, -0.05) is 6.07 Å². The Morgan fingerprint density at radius 2 is 2.00 bits per heavy atom. The van der Waals surface area contributed by atoms with E-state index in [0.29, 0.717) is 22.8 Å². The lowest BCUT2D eigenvalue weighted by Gasteiger charge is -2.06. The number of hydrogen-bond donors (Lipinski definition) is 1. The fourth-order valence-corrected chi connectivity index (χ4v) is 3.46. The molecule has 1 rings (SSSR count). The highest BCUT2D eigenvalue weighted by atomic mass is 32.2. The molecule has 0 bridgehead atoms. The maximum atomic E-state index is 11.9. The molecule has 0 spiro atoms. The number of nitrogen functional groups attached to an aromatic ring is 1. The van der Waals surface area contributed by atoms with Gasteiger partial charge in [-0.25, -0.2) is 8.42 Å². The molecule has 0 aliphatic heterocycles. The molecular weight excluding hydrogens is 258 g/mol. The summed E-state index contributed by atoms with van der Waals surface area (Å²) in [6.45, 7) is 1.91. The van der Waals surface area contributed by atoms with Crippen molar-refractivity contribution < 1.29 is 12.6 Å². The molecule has 0 saturated carbocycles. The number of benzene rings is 1. The van der Waals surface area contributed by atoms with Crippen LogP contribution in [0.15, 0.2) is 23.1 Å². The van der Waals surface area contributed by atoms with Gasteiger partial charge >= 0.3 is 0 Å². The summed E-state index contributed by atoms with van der Waals surface area (Å²) in [6.07, 6.45) is 1.56. The molecule has 1 aromatic rings. The zero-order chi connectivity index (χ0) is 13.1. The third-order valence-corrected chi connectivity index (χ3v) is 4.81. The Hall–Kier alpha value is -0.880. The molecule has 0 aliphatic rings. The Labute approximate surface area is 105 Å². The summed E-state index contributed by atoms with van der Waals surface area (Å²) in [7, 11) is -4.21. The summed E-state index contributed by atoms with van der Waals surface area (Å²) in [6, 6.07) is 5.35. The highest BCUT2D eigenvalue weighted by Gasteiger charge is 2.09. The van der Waals surface area contributed by atoms with Crippen molar-refractivity contribution >= 4 is 26.3 Å². The van der Waals surface area contributed by atoms with Crippen LogP contribution in [0.2, 0.25) is 0 Å². The van der Waals surface area contributed by atoms with Gasteiger partial charge in [-0.15, -0.1) is 0 Å². The first-order chi connectivity index (χ1) is 7.79. The van der Waals surface area contributed by atoms with E-state index in [-0.39, 0.29) is 5.75 Å². The van der Waals surface area contributed by atoms with Gasteiger partial charge in [0.1, 0.15) is 9.84 Å². The fourth-order valence-electron chi connectivity index (χ4n) is 1.44. The summed E-state index contributed by atoms with van der Waals surface area (Å²) < 4.78 is 33.8. The summed E-state index contributed by atoms with van der Waals surface area (Å²) in [5.74, 6) is 0.380. The SMILES string of the molecule is Cc1ccc(S(=O)CCCS(C)(=O)=O)c(N)c1. The van der Waals surface area contributed by atoms with Crippen LogP contribution in [0.4, 0.5) is 5.69 Å². The van der Waals surface area contributed by atoms with Crippen LogP contribution in [0.1, 0.15) is 12.0 Å². The highest BCUT2D eigenvalue weighted by Crippen LogP contribution is 2.18. The lowest BCUT2D eigenvalue weighted by molar-refractivity contribution is 0.600. The molecule has 1 atom stereocenters. The number of sulfone groups is 1. The van der Waals surface area contributed by atoms with Crippen molar-refractivity contribution in [2.75, 3.05) is 23.5 Å². The Morgan fingerprint density at radius 3 is 2.53 bits per heavy atom. The maximum absolute atomic E-state index is 11.9. The predicted molar refractivity (Wildman–Crippen MR) is 71.2 cm³/mol. The lowest BCUT2D eigenvalue weighted by atomic mass is 10.2. The number of hydrogen-bond acceptors (Lipinski definition) is 4. The average Bonchev–Trinajstić information content (AvgIpc) is 2.15. The third kappa shape index (κ3) is 4.87. The lowest BCUT2D eigenvalue weighted by Crippen LogP contribution is -2.09. The van der Waals surface area contributed by atoms with Crippen LogP contribution < -0.4 is 5.73 Å². The molecule has 0 saturated heterocycles. The van der Waals surface area contributed by atoms with E-state index in [2.05, 4.69) is 0 Å². The van der Waals surface area contributed by atoms with E-state index in [1.54, 1.807) is 12.1 Å². The van der Waals surface area contributed by atoms with Crippen molar-refractivity contribution in [3.8, 4) is 0 Å². The van der Waals surface area contributed by atoms with Gasteiger partial charge in [0, 0.05) is 17.7 Å². The Kier molecular flexibility index (Phi) is 4.70. The zero-order valence-corrected chi connectivity index (χ0v) is 11.6. The number of nitrogens with two attached hydrogens (primary N) is 1. The first-order valence-electron chi connectivity index (χ1n) is 5.22. The molecule has 6 heteroatoms. The molecule has 0 radical (unpaired) electrons. The minimum absolute atomic E-state index is 0.0600. The van der Waals surface area contributed by atoms with Gasteiger partial charge in [0.25, 0.3) is 0 Å². The molecule has 0 amide bonds. The van der Waals surface area contributed by atoms with Crippen molar-refractivity contribution in [2.45, 2.75) is 18.2 Å². The minimum Gasteiger partial charge on any atom is -0.398 e. The Bertz CT molecular complexity index is 524. The normalized spacial score (nSPS) is 13.5. The predicted octanol–water partition coefficient (Wildman–Crippen LogP) is 1.12. The largest absolute Gasteiger partial charge is 0.398 e. The smallest absolute Gasteiger partial charge is 0.147 e. The summed E-state index contributed by atoms with van der Waals surface area (Å²) in [5.41, 5.74) is 7.28. The third-order valence-electron chi connectivity index (χ3n) is 2.26. The first-order valence-corrected chi connectivity index (χ1v) is 8.60. The van der Waals surface area contributed by atoms with Crippen LogP contribution in [0.25, 0.3) is 0 Å². The van der Waals surface area contributed by atoms with Crippen LogP contribution in [0.5, 0.6) is 0 Å². The van der Waals surface area contributed by atoms with Gasteiger partial charge in [0.15, 0.2) is 0 Å². The van der Waals surface area contributed by atoms with Gasteiger partial charge in [0.2, 0.25) is 0 Å². The minimum atomic E-state index is -2.98. The van der Waals surface area contributed by atoms with Gasteiger partial charge in [0.05, 0.1) is 21.4 Å². The van der Waals surface area contributed by atoms with Crippen LogP contribution in [-0.4, -0.2) is 30.4 Å². The van der Waals surface area contributed by atoms with E-state index in [0.717, 1.165) is 5.56 Å². The second kappa shape index (κ2) is 5.64. The number of rotatable bonds is 5. The summed E-state index contributed by atoms with van der Waals surface area (Å²) in [4.78, 5) is 0.587. The summed E-state index contributed by atoms with van der Waals surface area (Å²) in [5, 5.41) is 0. The second-order valence-electron chi connectivity index (χ2n) is 4.07. The van der Waals surface area contributed by atoms with E-state index in [1.165, 1.54) is 6.26 Å². The quantitative estimate of drug-likeness (QED) is 0.817. The summed E-state index contributed by atoms with van der Waals surface area (Å²) >= 11 is 0. The number of aryl methyl sites for hydroxylation is 1. The van der Waals surface area contributed by atoms with Gasteiger partial charge in [-0.3, -0.25) is 4.21 Å². The van der Waals surface area contributed by atoms with Gasteiger partial charge in [-0.2, -0.15) is 0 Å². The number of anilines is 1. The van der Waals surface area contributed by atoms with Crippen molar-refractivity contribution in [3.63, 3.8) is 0 Å². The topological polar surface area (TPSA) is 77.2 Å². The van der Waals surface area contributed by atoms with Crippen molar-refractivity contribution in [3.05, 3.63) is 23.8 Å². The van der Waals surface area contributed by atoms with Crippen LogP contribution in [0.3, 0.4) is 0 Å². The molecule has 0 fully saturated rings. The van der Waals surface area contributed by atoms with E-state index < -0.39 is 20.6 Å². The van der Waals surface area contributed by atoms with Crippen molar-refractivity contribution in [1.29, 1.82) is 0 Å². The monoisotopic (exact) mass is 275 g/mol. The highest BCUT2D eigenvalue weighted by molar-refractivity contribution is 7.90. The molecule has 0 aliphatic carbocycles. The van der Waals surface area contributed by atoms with E-state index in [4.69, 9.17) is 5.73 Å². The van der Waals surface area contributed by atoms with Crippen molar-refractivity contribution in [2.24, 2.45) is 0 Å². The van der Waals surface area contributed by atoms with E-state index in [1.807, 2.05) is 13.0 Å². The Balaban J connectivity index is 2.65. The van der Waals surface area contributed by atoms with Crippen LogP contribution >= 0.6 is 0 Å². The zero-order valence-electron chi connectivity index (χ0n) is 9.97. The van der Waals surface area contributed by atoms with Crippen LogP contribution in [-0.2, 0) is 20.6 Å². The molecule has 1 aromatic carbocycles. The standard InChI is InChI=1S/C11H17NO3S2/c1-9-4-5-11(10(12)8-9)16(13)6-3-7-17(2,14)15/h4-5,8H,3,6-7,12H2,1-2H3. The molecule has 0 aromatic heterocycles. The van der Waals surface area contributed by atoms with E-state index in [9.17, 15) is 12.6 Å². The molecule has 2 N–H and O–H groups in total. The Morgan fingerprint density at radius 1 is 1.35 bits per heavy atom. The molecule has 17 heavy (non-hydrogen) atoms. The molecule has 4 nitrogen and oxygen atoms in total. The molecule has 0 heterocycles. The van der Waals surface area contributed by atoms with E-state index >= 15 is 0 Å². The molecular formula is C11H17NO3S2. The second-order valence-corrected chi connectivity index (χ2v) is 7.87. The first kappa shape index (κ1) is 14.2.